The quantitative estimate of drug-likeness (QED) is 0.830. The van der Waals surface area contributed by atoms with Crippen molar-refractivity contribution in [1.82, 2.24) is 5.32 Å². The number of rotatable bonds is 5. The van der Waals surface area contributed by atoms with Crippen LogP contribution in [0.25, 0.3) is 11.0 Å². The monoisotopic (exact) mass is 231 g/mol. The molecule has 1 aliphatic rings. The molecule has 2 N–H and O–H groups in total. The Morgan fingerprint density at radius 2 is 2.12 bits per heavy atom. The standard InChI is InChI=1S/C14H17NO2/c16-10-14(5-6-14)9-15-8-12-7-11-3-1-2-4-13(11)17-12/h1-4,7,15-16H,5-6,8-10H2. The summed E-state index contributed by atoms with van der Waals surface area (Å²) in [7, 11) is 0. The molecule has 3 rings (SSSR count). The zero-order valence-corrected chi connectivity index (χ0v) is 9.78. The van der Waals surface area contributed by atoms with E-state index >= 15 is 0 Å². The van der Waals surface area contributed by atoms with Crippen molar-refractivity contribution in [2.24, 2.45) is 5.41 Å². The van der Waals surface area contributed by atoms with Gasteiger partial charge < -0.3 is 14.8 Å². The maximum atomic E-state index is 9.20. The summed E-state index contributed by atoms with van der Waals surface area (Å²) in [5, 5.41) is 13.7. The molecule has 17 heavy (non-hydrogen) atoms. The predicted molar refractivity (Wildman–Crippen MR) is 66.7 cm³/mol. The summed E-state index contributed by atoms with van der Waals surface area (Å²) >= 11 is 0. The van der Waals surface area contributed by atoms with E-state index in [-0.39, 0.29) is 5.41 Å². The summed E-state index contributed by atoms with van der Waals surface area (Å²) in [4.78, 5) is 0. The Labute approximate surface area is 100 Å². The van der Waals surface area contributed by atoms with Crippen molar-refractivity contribution < 1.29 is 9.52 Å². The second kappa shape index (κ2) is 4.17. The summed E-state index contributed by atoms with van der Waals surface area (Å²) in [6.07, 6.45) is 2.27. The molecule has 0 atom stereocenters. The highest BCUT2D eigenvalue weighted by atomic mass is 16.3. The lowest BCUT2D eigenvalue weighted by Gasteiger charge is -2.11. The fourth-order valence-electron chi connectivity index (χ4n) is 2.14. The van der Waals surface area contributed by atoms with Crippen LogP contribution < -0.4 is 5.32 Å². The first-order valence-corrected chi connectivity index (χ1v) is 6.10. The summed E-state index contributed by atoms with van der Waals surface area (Å²) in [5.74, 6) is 0.958. The SMILES string of the molecule is OCC1(CNCc2cc3ccccc3o2)CC1. The molecule has 90 valence electrons. The fourth-order valence-corrected chi connectivity index (χ4v) is 2.14. The van der Waals surface area contributed by atoms with Gasteiger partial charge in [-0.3, -0.25) is 0 Å². The lowest BCUT2D eigenvalue weighted by atomic mass is 10.1. The van der Waals surface area contributed by atoms with Gasteiger partial charge in [-0.25, -0.2) is 0 Å². The topological polar surface area (TPSA) is 45.4 Å². The fraction of sp³-hybridized carbons (Fsp3) is 0.429. The minimum Gasteiger partial charge on any atom is -0.460 e. The maximum Gasteiger partial charge on any atom is 0.134 e. The van der Waals surface area contributed by atoms with Crippen LogP contribution >= 0.6 is 0 Å². The van der Waals surface area contributed by atoms with Crippen molar-refractivity contribution in [3.63, 3.8) is 0 Å². The van der Waals surface area contributed by atoms with Crippen LogP contribution in [0, 0.1) is 5.41 Å². The van der Waals surface area contributed by atoms with Crippen molar-refractivity contribution in [3.05, 3.63) is 36.1 Å². The molecule has 2 aromatic rings. The molecular formula is C14H17NO2. The number of nitrogens with one attached hydrogen (secondary N) is 1. The van der Waals surface area contributed by atoms with E-state index in [0.29, 0.717) is 6.61 Å². The molecule has 0 bridgehead atoms. The first-order chi connectivity index (χ1) is 8.31. The number of benzene rings is 1. The van der Waals surface area contributed by atoms with E-state index in [2.05, 4.69) is 17.4 Å². The number of furan rings is 1. The van der Waals surface area contributed by atoms with Crippen LogP contribution in [0.1, 0.15) is 18.6 Å². The van der Waals surface area contributed by atoms with E-state index in [4.69, 9.17) is 4.42 Å². The Balaban J connectivity index is 1.61. The molecule has 0 aliphatic heterocycles. The van der Waals surface area contributed by atoms with Gasteiger partial charge in [-0.05, 0) is 25.0 Å². The van der Waals surface area contributed by atoms with Crippen molar-refractivity contribution in [1.29, 1.82) is 0 Å². The third kappa shape index (κ3) is 2.21. The number of aliphatic hydroxyl groups excluding tert-OH is 1. The lowest BCUT2D eigenvalue weighted by molar-refractivity contribution is 0.207. The molecule has 1 aromatic heterocycles. The highest BCUT2D eigenvalue weighted by molar-refractivity contribution is 5.77. The van der Waals surface area contributed by atoms with Crippen LogP contribution in [0.2, 0.25) is 0 Å². The molecule has 0 spiro atoms. The largest absolute Gasteiger partial charge is 0.460 e. The maximum absolute atomic E-state index is 9.20. The molecule has 3 heteroatoms. The van der Waals surface area contributed by atoms with E-state index < -0.39 is 0 Å². The molecule has 0 amide bonds. The van der Waals surface area contributed by atoms with Crippen molar-refractivity contribution in [2.75, 3.05) is 13.2 Å². The van der Waals surface area contributed by atoms with Crippen molar-refractivity contribution in [2.45, 2.75) is 19.4 Å². The van der Waals surface area contributed by atoms with E-state index in [9.17, 15) is 5.11 Å². The van der Waals surface area contributed by atoms with Crippen LogP contribution in [-0.2, 0) is 6.54 Å². The van der Waals surface area contributed by atoms with E-state index in [1.165, 1.54) is 0 Å². The second-order valence-electron chi connectivity index (χ2n) is 5.01. The zero-order chi connectivity index (χ0) is 11.7. The summed E-state index contributed by atoms with van der Waals surface area (Å²) < 4.78 is 5.71. The molecule has 0 radical (unpaired) electrons. The highest BCUT2D eigenvalue weighted by Gasteiger charge is 2.41. The van der Waals surface area contributed by atoms with Crippen molar-refractivity contribution >= 4 is 11.0 Å². The molecule has 0 saturated heterocycles. The van der Waals surface area contributed by atoms with Crippen LogP contribution in [0.3, 0.4) is 0 Å². The molecule has 1 aliphatic carbocycles. The Morgan fingerprint density at radius 1 is 1.29 bits per heavy atom. The average molecular weight is 231 g/mol. The molecule has 3 nitrogen and oxygen atoms in total. The van der Waals surface area contributed by atoms with Crippen LogP contribution in [0.5, 0.6) is 0 Å². The lowest BCUT2D eigenvalue weighted by Crippen LogP contribution is -2.25. The summed E-state index contributed by atoms with van der Waals surface area (Å²) in [6, 6.07) is 10.1. The number of hydrogen-bond donors (Lipinski definition) is 2. The van der Waals surface area contributed by atoms with E-state index in [1.807, 2.05) is 18.2 Å². The predicted octanol–water partition coefficient (Wildman–Crippen LogP) is 2.29. The first kappa shape index (κ1) is 10.8. The summed E-state index contributed by atoms with van der Waals surface area (Å²) in [5.41, 5.74) is 1.10. The molecule has 1 saturated carbocycles. The van der Waals surface area contributed by atoms with Crippen LogP contribution in [0.4, 0.5) is 0 Å². The first-order valence-electron chi connectivity index (χ1n) is 6.10. The minimum atomic E-state index is 0.159. The molecule has 0 unspecified atom stereocenters. The molecule has 1 fully saturated rings. The number of para-hydroxylation sites is 1. The Hall–Kier alpha value is -1.32. The molecular weight excluding hydrogens is 214 g/mol. The number of aliphatic hydroxyl groups is 1. The molecule has 1 heterocycles. The van der Waals surface area contributed by atoms with Crippen LogP contribution in [0.15, 0.2) is 34.7 Å². The van der Waals surface area contributed by atoms with Crippen molar-refractivity contribution in [3.8, 4) is 0 Å². The van der Waals surface area contributed by atoms with Gasteiger partial charge in [-0.2, -0.15) is 0 Å². The van der Waals surface area contributed by atoms with Gasteiger partial charge in [0.15, 0.2) is 0 Å². The second-order valence-corrected chi connectivity index (χ2v) is 5.01. The van der Waals surface area contributed by atoms with Gasteiger partial charge in [0.1, 0.15) is 11.3 Å². The van der Waals surface area contributed by atoms with Gasteiger partial charge in [-0.15, -0.1) is 0 Å². The van der Waals surface area contributed by atoms with Gasteiger partial charge in [0, 0.05) is 24.0 Å². The van der Waals surface area contributed by atoms with Gasteiger partial charge in [0.25, 0.3) is 0 Å². The van der Waals surface area contributed by atoms with E-state index in [1.54, 1.807) is 0 Å². The third-order valence-electron chi connectivity index (χ3n) is 3.57. The average Bonchev–Trinajstić information content (AvgIpc) is 3.01. The van der Waals surface area contributed by atoms with Crippen LogP contribution in [-0.4, -0.2) is 18.3 Å². The van der Waals surface area contributed by atoms with Gasteiger partial charge in [0.05, 0.1) is 6.54 Å². The molecule has 1 aromatic carbocycles. The summed E-state index contributed by atoms with van der Waals surface area (Å²) in [6.45, 7) is 1.90. The number of fused-ring (bicyclic) bond motifs is 1. The minimum absolute atomic E-state index is 0.159. The number of hydrogen-bond acceptors (Lipinski definition) is 3. The Bertz CT molecular complexity index is 481. The normalized spacial score (nSPS) is 17.5. The van der Waals surface area contributed by atoms with Gasteiger partial charge in [-0.1, -0.05) is 18.2 Å². The van der Waals surface area contributed by atoms with E-state index in [0.717, 1.165) is 42.7 Å². The Morgan fingerprint density at radius 3 is 2.82 bits per heavy atom. The Kier molecular flexibility index (Phi) is 2.65. The van der Waals surface area contributed by atoms with Gasteiger partial charge >= 0.3 is 0 Å². The highest BCUT2D eigenvalue weighted by Crippen LogP contribution is 2.44. The smallest absolute Gasteiger partial charge is 0.134 e. The zero-order valence-electron chi connectivity index (χ0n) is 9.78. The third-order valence-corrected chi connectivity index (χ3v) is 3.57. The van der Waals surface area contributed by atoms with Gasteiger partial charge in [0.2, 0.25) is 0 Å².